The highest BCUT2D eigenvalue weighted by Gasteiger charge is 2.36. The maximum absolute atomic E-state index is 13.5. The maximum atomic E-state index is 13.5. The van der Waals surface area contributed by atoms with Crippen molar-refractivity contribution in [2.24, 2.45) is 0 Å². The highest BCUT2D eigenvalue weighted by Crippen LogP contribution is 2.41. The summed E-state index contributed by atoms with van der Waals surface area (Å²) in [6.07, 6.45) is -10.9. The number of nitrogens with one attached hydrogen (secondary N) is 1. The van der Waals surface area contributed by atoms with Crippen molar-refractivity contribution in [2.75, 3.05) is 0 Å². The van der Waals surface area contributed by atoms with E-state index in [4.69, 9.17) is 0 Å². The number of benzene rings is 1. The lowest BCUT2D eigenvalue weighted by Gasteiger charge is -2.15. The lowest BCUT2D eigenvalue weighted by Crippen LogP contribution is -2.20. The van der Waals surface area contributed by atoms with Gasteiger partial charge in [-0.1, -0.05) is 0 Å². The van der Waals surface area contributed by atoms with Crippen molar-refractivity contribution < 1.29 is 31.4 Å². The highest BCUT2D eigenvalue weighted by atomic mass is 19.4. The van der Waals surface area contributed by atoms with Gasteiger partial charge in [-0.15, -0.1) is 0 Å². The quantitative estimate of drug-likeness (QED) is 0.634. The van der Waals surface area contributed by atoms with Crippen LogP contribution in [0.1, 0.15) is 29.8 Å². The molecule has 1 atom stereocenters. The fraction of sp³-hybridized carbons (Fsp3) is 0.353. The van der Waals surface area contributed by atoms with Crippen molar-refractivity contribution in [2.45, 2.75) is 38.8 Å². The Kier molecular flexibility index (Phi) is 4.29. The Bertz CT molecular complexity index is 1090. The first kappa shape index (κ1) is 19.3. The lowest BCUT2D eigenvalue weighted by atomic mass is 10.0. The number of hydrogen-bond donors (Lipinski definition) is 2. The van der Waals surface area contributed by atoms with Gasteiger partial charge in [0.1, 0.15) is 6.54 Å². The molecule has 0 spiro atoms. The van der Waals surface area contributed by atoms with Crippen molar-refractivity contribution in [3.63, 3.8) is 0 Å². The minimum atomic E-state index is -4.88. The summed E-state index contributed by atoms with van der Waals surface area (Å²) in [7, 11) is 0. The van der Waals surface area contributed by atoms with Crippen molar-refractivity contribution in [3.05, 3.63) is 45.4 Å². The molecular formula is C17H14F6N2O2. The van der Waals surface area contributed by atoms with Gasteiger partial charge in [0.05, 0.1) is 17.4 Å². The molecule has 0 aliphatic rings. The van der Waals surface area contributed by atoms with Gasteiger partial charge in [0.25, 0.3) is 0 Å². The topological polar surface area (TPSA) is 58.0 Å². The van der Waals surface area contributed by atoms with Gasteiger partial charge in [-0.25, -0.2) is 0 Å². The number of halogens is 6. The zero-order chi connectivity index (χ0) is 20.3. The third-order valence-corrected chi connectivity index (χ3v) is 4.37. The maximum Gasteiger partial charge on any atom is 0.417 e. The van der Waals surface area contributed by atoms with Crippen LogP contribution >= 0.6 is 0 Å². The number of H-pyrrole nitrogens is 1. The number of aliphatic hydroxyl groups is 1. The van der Waals surface area contributed by atoms with E-state index in [0.29, 0.717) is 6.07 Å². The number of fused-ring (bicyclic) bond motifs is 3. The summed E-state index contributed by atoms with van der Waals surface area (Å²) in [6.45, 7) is 1.12. The predicted octanol–water partition coefficient (Wildman–Crippen LogP) is 4.43. The lowest BCUT2D eigenvalue weighted by molar-refractivity contribution is -0.140. The Labute approximate surface area is 148 Å². The minimum Gasteiger partial charge on any atom is -0.387 e. The minimum absolute atomic E-state index is 0.0868. The van der Waals surface area contributed by atoms with E-state index in [9.17, 15) is 36.2 Å². The molecule has 0 bridgehead atoms. The van der Waals surface area contributed by atoms with Gasteiger partial charge in [0.2, 0.25) is 5.56 Å². The fourth-order valence-corrected chi connectivity index (χ4v) is 3.52. The summed E-state index contributed by atoms with van der Waals surface area (Å²) in [5, 5.41) is 9.47. The number of aliphatic hydroxyl groups excluding tert-OH is 1. The van der Waals surface area contributed by atoms with E-state index in [-0.39, 0.29) is 27.7 Å². The van der Waals surface area contributed by atoms with Crippen LogP contribution in [0.15, 0.2) is 23.0 Å². The summed E-state index contributed by atoms with van der Waals surface area (Å²) < 4.78 is 80.4. The van der Waals surface area contributed by atoms with Crippen LogP contribution < -0.4 is 5.56 Å². The number of pyridine rings is 1. The SMILES string of the molecule is Cc1c(C(C)O)n(CC(F)(F)F)c2ccc3[nH]c(=O)cc(C(F)(F)F)c3c12. The van der Waals surface area contributed by atoms with Crippen LogP contribution in [-0.2, 0) is 12.7 Å². The Morgan fingerprint density at radius 1 is 1.15 bits per heavy atom. The fourth-order valence-electron chi connectivity index (χ4n) is 3.52. The summed E-state index contributed by atoms with van der Waals surface area (Å²) in [6, 6.07) is 2.72. The molecular weight excluding hydrogens is 378 g/mol. The average molecular weight is 392 g/mol. The molecule has 3 rings (SSSR count). The van der Waals surface area contributed by atoms with Gasteiger partial charge in [0, 0.05) is 27.9 Å². The van der Waals surface area contributed by atoms with Gasteiger partial charge in [0.15, 0.2) is 0 Å². The summed E-state index contributed by atoms with van der Waals surface area (Å²) >= 11 is 0. The molecule has 10 heteroatoms. The standard InChI is InChI=1S/C17H14F6N2O2/c1-7-13-11(25(6-16(18,19)20)15(7)8(2)26)4-3-10-14(13)9(17(21,22)23)5-12(27)24-10/h3-5,8,26H,6H2,1-2H3,(H,24,27). The second-order valence-electron chi connectivity index (χ2n) is 6.31. The molecule has 0 amide bonds. The third kappa shape index (κ3) is 3.29. The molecule has 1 aromatic carbocycles. The normalized spacial score (nSPS) is 14.3. The number of hydrogen-bond acceptors (Lipinski definition) is 2. The van der Waals surface area contributed by atoms with Gasteiger partial charge >= 0.3 is 12.4 Å². The zero-order valence-electron chi connectivity index (χ0n) is 14.1. The molecule has 4 nitrogen and oxygen atoms in total. The molecule has 0 saturated heterocycles. The van der Waals surface area contributed by atoms with E-state index in [2.05, 4.69) is 4.98 Å². The molecule has 3 aromatic rings. The molecule has 0 aliphatic heterocycles. The third-order valence-electron chi connectivity index (χ3n) is 4.37. The Morgan fingerprint density at radius 2 is 1.78 bits per heavy atom. The summed E-state index contributed by atoms with van der Waals surface area (Å²) in [5.74, 6) is 0. The number of nitrogens with zero attached hydrogens (tertiary/aromatic N) is 1. The van der Waals surface area contributed by atoms with E-state index >= 15 is 0 Å². The molecule has 2 N–H and O–H groups in total. The van der Waals surface area contributed by atoms with E-state index in [1.165, 1.54) is 19.9 Å². The molecule has 0 fully saturated rings. The van der Waals surface area contributed by atoms with Crippen LogP contribution in [0.5, 0.6) is 0 Å². The van der Waals surface area contributed by atoms with E-state index in [1.807, 2.05) is 0 Å². The van der Waals surface area contributed by atoms with Crippen LogP contribution in [0, 0.1) is 6.92 Å². The number of aryl methyl sites for hydroxylation is 1. The Morgan fingerprint density at radius 3 is 2.30 bits per heavy atom. The summed E-state index contributed by atoms with van der Waals surface area (Å²) in [5.41, 5.74) is -2.51. The Hall–Kier alpha value is -2.49. The first-order valence-electron chi connectivity index (χ1n) is 7.82. The molecule has 27 heavy (non-hydrogen) atoms. The molecule has 2 heterocycles. The van der Waals surface area contributed by atoms with E-state index in [1.54, 1.807) is 0 Å². The van der Waals surface area contributed by atoms with Crippen LogP contribution in [0.25, 0.3) is 21.8 Å². The monoisotopic (exact) mass is 392 g/mol. The first-order chi connectivity index (χ1) is 12.3. The summed E-state index contributed by atoms with van der Waals surface area (Å²) in [4.78, 5) is 13.9. The average Bonchev–Trinajstić information content (AvgIpc) is 2.76. The number of rotatable bonds is 2. The number of aromatic amines is 1. The molecule has 1 unspecified atom stereocenters. The van der Waals surface area contributed by atoms with Gasteiger partial charge < -0.3 is 14.7 Å². The van der Waals surface area contributed by atoms with Crippen molar-refractivity contribution in [1.82, 2.24) is 9.55 Å². The Balaban J connectivity index is 2.56. The van der Waals surface area contributed by atoms with E-state index in [0.717, 1.165) is 10.6 Å². The second kappa shape index (κ2) is 6.01. The van der Waals surface area contributed by atoms with Gasteiger partial charge in [-0.05, 0) is 31.5 Å². The van der Waals surface area contributed by atoms with Gasteiger partial charge in [-0.2, -0.15) is 26.3 Å². The molecule has 146 valence electrons. The van der Waals surface area contributed by atoms with Crippen LogP contribution in [0.4, 0.5) is 26.3 Å². The van der Waals surface area contributed by atoms with Crippen LogP contribution in [0.3, 0.4) is 0 Å². The van der Waals surface area contributed by atoms with E-state index < -0.39 is 41.5 Å². The van der Waals surface area contributed by atoms with Gasteiger partial charge in [-0.3, -0.25) is 4.79 Å². The van der Waals surface area contributed by atoms with Crippen LogP contribution in [0.2, 0.25) is 0 Å². The molecule has 0 saturated carbocycles. The van der Waals surface area contributed by atoms with Crippen molar-refractivity contribution in [1.29, 1.82) is 0 Å². The number of alkyl halides is 6. The first-order valence-corrected chi connectivity index (χ1v) is 7.82. The van der Waals surface area contributed by atoms with Crippen LogP contribution in [-0.4, -0.2) is 20.8 Å². The zero-order valence-corrected chi connectivity index (χ0v) is 14.1. The molecule has 2 aromatic heterocycles. The molecule has 0 aliphatic carbocycles. The second-order valence-corrected chi connectivity index (χ2v) is 6.31. The predicted molar refractivity (Wildman–Crippen MR) is 86.5 cm³/mol. The smallest absolute Gasteiger partial charge is 0.387 e. The highest BCUT2D eigenvalue weighted by molar-refractivity contribution is 6.09. The number of aromatic nitrogens is 2. The molecule has 0 radical (unpaired) electrons. The largest absolute Gasteiger partial charge is 0.417 e. The van der Waals surface area contributed by atoms with Crippen molar-refractivity contribution in [3.8, 4) is 0 Å². The van der Waals surface area contributed by atoms with Crippen molar-refractivity contribution >= 4 is 21.8 Å².